The van der Waals surface area contributed by atoms with Crippen LogP contribution < -0.4 is 0 Å². The van der Waals surface area contributed by atoms with E-state index < -0.39 is 0 Å². The van der Waals surface area contributed by atoms with Crippen LogP contribution >= 0.6 is 22.9 Å². The Bertz CT molecular complexity index is 457. The highest BCUT2D eigenvalue weighted by Gasteiger charge is 2.08. The van der Waals surface area contributed by atoms with Crippen molar-refractivity contribution in [1.29, 1.82) is 0 Å². The molecule has 0 atom stereocenters. The molecule has 0 amide bonds. The minimum atomic E-state index is -0.384. The van der Waals surface area contributed by atoms with E-state index in [1.54, 1.807) is 0 Å². The predicted octanol–water partition coefficient (Wildman–Crippen LogP) is 2.58. The van der Waals surface area contributed by atoms with E-state index in [2.05, 4.69) is 4.98 Å². The highest BCUT2D eigenvalue weighted by molar-refractivity contribution is 7.18. The quantitative estimate of drug-likeness (QED) is 0.797. The lowest BCUT2D eigenvalue weighted by atomic mass is 10.3. The molecule has 13 heavy (non-hydrogen) atoms. The van der Waals surface area contributed by atoms with Gasteiger partial charge in [0.05, 0.1) is 16.3 Å². The zero-order valence-electron chi connectivity index (χ0n) is 6.42. The Morgan fingerprint density at radius 1 is 1.54 bits per heavy atom. The molecule has 0 saturated carbocycles. The van der Waals surface area contributed by atoms with Crippen LogP contribution in [-0.4, -0.2) is 10.1 Å². The smallest absolute Gasteiger partial charge is 0.126 e. The summed E-state index contributed by atoms with van der Waals surface area (Å²) in [4.78, 5) is 4.04. The normalized spacial score (nSPS) is 11.0. The fraction of sp³-hybridized carbons (Fsp3) is 0.125. The van der Waals surface area contributed by atoms with Gasteiger partial charge in [-0.25, -0.2) is 9.37 Å². The van der Waals surface area contributed by atoms with Gasteiger partial charge in [-0.15, -0.1) is 11.3 Å². The van der Waals surface area contributed by atoms with E-state index in [0.717, 1.165) is 0 Å². The van der Waals surface area contributed by atoms with Gasteiger partial charge < -0.3 is 5.11 Å². The summed E-state index contributed by atoms with van der Waals surface area (Å²) >= 11 is 7.00. The molecule has 0 saturated heterocycles. The van der Waals surface area contributed by atoms with Crippen LogP contribution in [0.1, 0.15) is 5.01 Å². The molecule has 0 spiro atoms. The van der Waals surface area contributed by atoms with Crippen molar-refractivity contribution in [2.24, 2.45) is 0 Å². The minimum Gasteiger partial charge on any atom is -0.389 e. The molecule has 2 nitrogen and oxygen atoms in total. The van der Waals surface area contributed by atoms with E-state index in [-0.39, 0.29) is 17.4 Å². The molecule has 0 unspecified atom stereocenters. The second-order valence-electron chi connectivity index (χ2n) is 2.50. The average Bonchev–Trinajstić information content (AvgIpc) is 2.47. The van der Waals surface area contributed by atoms with Crippen LogP contribution in [0.15, 0.2) is 12.1 Å². The summed E-state index contributed by atoms with van der Waals surface area (Å²) in [5.74, 6) is -0.384. The van der Waals surface area contributed by atoms with Gasteiger partial charge in [-0.05, 0) is 12.1 Å². The van der Waals surface area contributed by atoms with E-state index in [0.29, 0.717) is 15.2 Å². The maximum absolute atomic E-state index is 12.8. The van der Waals surface area contributed by atoms with Crippen LogP contribution in [0, 0.1) is 5.82 Å². The molecule has 68 valence electrons. The van der Waals surface area contributed by atoms with Crippen molar-refractivity contribution in [1.82, 2.24) is 4.98 Å². The third kappa shape index (κ3) is 1.52. The first kappa shape index (κ1) is 8.87. The van der Waals surface area contributed by atoms with Crippen LogP contribution in [0.3, 0.4) is 0 Å². The highest BCUT2D eigenvalue weighted by Crippen LogP contribution is 2.29. The molecule has 1 aromatic heterocycles. The van der Waals surface area contributed by atoms with E-state index in [4.69, 9.17) is 16.7 Å². The van der Waals surface area contributed by atoms with Gasteiger partial charge in [0.25, 0.3) is 0 Å². The molecule has 5 heteroatoms. The molecule has 2 aromatic rings. The largest absolute Gasteiger partial charge is 0.389 e. The number of aliphatic hydroxyl groups excluding tert-OH is 1. The summed E-state index contributed by atoms with van der Waals surface area (Å²) in [6.07, 6.45) is 0. The molecule has 0 radical (unpaired) electrons. The maximum Gasteiger partial charge on any atom is 0.126 e. The summed E-state index contributed by atoms with van der Waals surface area (Å²) in [7, 11) is 0. The Morgan fingerprint density at radius 3 is 3.00 bits per heavy atom. The first-order valence-electron chi connectivity index (χ1n) is 3.56. The molecule has 1 aromatic carbocycles. The van der Waals surface area contributed by atoms with E-state index in [1.807, 2.05) is 0 Å². The van der Waals surface area contributed by atoms with E-state index >= 15 is 0 Å². The molecule has 0 bridgehead atoms. The second-order valence-corrected chi connectivity index (χ2v) is 4.02. The molecule has 0 aliphatic heterocycles. The molecular formula is C8H5ClFNOS. The lowest BCUT2D eigenvalue weighted by Gasteiger charge is -1.91. The van der Waals surface area contributed by atoms with Crippen molar-refractivity contribution in [3.8, 4) is 0 Å². The lowest BCUT2D eigenvalue weighted by molar-refractivity contribution is 0.281. The van der Waals surface area contributed by atoms with E-state index in [9.17, 15) is 4.39 Å². The number of benzene rings is 1. The monoisotopic (exact) mass is 217 g/mol. The first-order valence-corrected chi connectivity index (χ1v) is 4.75. The van der Waals surface area contributed by atoms with Crippen LogP contribution in [0.25, 0.3) is 10.2 Å². The van der Waals surface area contributed by atoms with Gasteiger partial charge in [-0.3, -0.25) is 0 Å². The topological polar surface area (TPSA) is 33.1 Å². The lowest BCUT2D eigenvalue weighted by Crippen LogP contribution is -1.79. The molecule has 0 fully saturated rings. The second kappa shape index (κ2) is 3.21. The molecule has 0 aliphatic carbocycles. The minimum absolute atomic E-state index is 0.142. The number of hydrogen-bond acceptors (Lipinski definition) is 3. The fourth-order valence-corrected chi connectivity index (χ4v) is 2.25. The molecule has 2 rings (SSSR count). The standard InChI is InChI=1S/C8H5ClFNOS/c9-5-1-4(10)2-6-8(5)11-7(3-12)13-6/h1-2,12H,3H2. The van der Waals surface area contributed by atoms with Crippen molar-refractivity contribution in [2.75, 3.05) is 0 Å². The van der Waals surface area contributed by atoms with Crippen LogP contribution in [0.2, 0.25) is 5.02 Å². The van der Waals surface area contributed by atoms with Gasteiger partial charge in [0, 0.05) is 0 Å². The van der Waals surface area contributed by atoms with Crippen LogP contribution in [-0.2, 0) is 6.61 Å². The van der Waals surface area contributed by atoms with Gasteiger partial charge in [0.2, 0.25) is 0 Å². The van der Waals surface area contributed by atoms with Gasteiger partial charge in [-0.2, -0.15) is 0 Å². The Kier molecular flexibility index (Phi) is 2.19. The Morgan fingerprint density at radius 2 is 2.31 bits per heavy atom. The number of aliphatic hydroxyl groups is 1. The summed E-state index contributed by atoms with van der Waals surface area (Å²) < 4.78 is 13.5. The summed E-state index contributed by atoms with van der Waals surface area (Å²) in [5.41, 5.74) is 0.553. The Hall–Kier alpha value is -0.710. The summed E-state index contributed by atoms with van der Waals surface area (Å²) in [5, 5.41) is 9.64. The van der Waals surface area contributed by atoms with Gasteiger partial charge >= 0.3 is 0 Å². The van der Waals surface area contributed by atoms with Crippen molar-refractivity contribution < 1.29 is 9.50 Å². The van der Waals surface area contributed by atoms with Gasteiger partial charge in [0.1, 0.15) is 16.3 Å². The number of nitrogens with zero attached hydrogens (tertiary/aromatic N) is 1. The number of fused-ring (bicyclic) bond motifs is 1. The number of thiazole rings is 1. The Labute approximate surface area is 82.6 Å². The number of hydrogen-bond donors (Lipinski definition) is 1. The number of aromatic nitrogens is 1. The average molecular weight is 218 g/mol. The first-order chi connectivity index (χ1) is 6.20. The van der Waals surface area contributed by atoms with Gasteiger partial charge in [0.15, 0.2) is 0 Å². The van der Waals surface area contributed by atoms with Crippen molar-refractivity contribution >= 4 is 33.2 Å². The highest BCUT2D eigenvalue weighted by atomic mass is 35.5. The zero-order valence-corrected chi connectivity index (χ0v) is 7.99. The van der Waals surface area contributed by atoms with E-state index in [1.165, 1.54) is 23.5 Å². The van der Waals surface area contributed by atoms with Crippen molar-refractivity contribution in [3.63, 3.8) is 0 Å². The number of rotatable bonds is 1. The Balaban J connectivity index is 2.75. The maximum atomic E-state index is 12.8. The SMILES string of the molecule is OCc1nc2c(Cl)cc(F)cc2s1. The van der Waals surface area contributed by atoms with Crippen molar-refractivity contribution in [3.05, 3.63) is 28.0 Å². The zero-order chi connectivity index (χ0) is 9.42. The fourth-order valence-electron chi connectivity index (χ4n) is 1.07. The van der Waals surface area contributed by atoms with Crippen LogP contribution in [0.5, 0.6) is 0 Å². The summed E-state index contributed by atoms with van der Waals surface area (Å²) in [6.45, 7) is -0.142. The molecule has 1 N–H and O–H groups in total. The van der Waals surface area contributed by atoms with Gasteiger partial charge in [-0.1, -0.05) is 11.6 Å². The van der Waals surface area contributed by atoms with Crippen LogP contribution in [0.4, 0.5) is 4.39 Å². The predicted molar refractivity (Wildman–Crippen MR) is 50.5 cm³/mol. The third-order valence-electron chi connectivity index (χ3n) is 1.59. The summed E-state index contributed by atoms with van der Waals surface area (Å²) in [6, 6.07) is 2.57. The third-order valence-corrected chi connectivity index (χ3v) is 2.87. The van der Waals surface area contributed by atoms with Crippen molar-refractivity contribution in [2.45, 2.75) is 6.61 Å². The number of halogens is 2. The molecule has 0 aliphatic rings. The molecular weight excluding hydrogens is 213 g/mol. The molecule has 1 heterocycles.